The van der Waals surface area contributed by atoms with Crippen LogP contribution in [0.25, 0.3) is 10.8 Å². The monoisotopic (exact) mass is 381 g/mol. The highest BCUT2D eigenvalue weighted by Crippen LogP contribution is 2.29. The van der Waals surface area contributed by atoms with Crippen molar-refractivity contribution in [3.8, 4) is 11.5 Å². The van der Waals surface area contributed by atoms with Crippen LogP contribution in [0.5, 0.6) is 11.5 Å². The van der Waals surface area contributed by atoms with Gasteiger partial charge in [0.1, 0.15) is 11.5 Å². The molecule has 2 aromatic carbocycles. The van der Waals surface area contributed by atoms with Gasteiger partial charge in [0.2, 0.25) is 0 Å². The highest BCUT2D eigenvalue weighted by atomic mass is 16.5. The van der Waals surface area contributed by atoms with Gasteiger partial charge in [-0.3, -0.25) is 9.59 Å². The minimum Gasteiger partial charge on any atom is -0.497 e. The number of aryl methyl sites for hydroxylation is 1. The van der Waals surface area contributed by atoms with Gasteiger partial charge in [-0.2, -0.15) is 5.10 Å². The molecule has 0 aliphatic carbocycles. The summed E-state index contributed by atoms with van der Waals surface area (Å²) in [5.41, 5.74) is 0.497. The predicted molar refractivity (Wildman–Crippen MR) is 108 cm³/mol. The van der Waals surface area contributed by atoms with Gasteiger partial charge < -0.3 is 14.8 Å². The summed E-state index contributed by atoms with van der Waals surface area (Å²) in [6.45, 7) is 2.50. The summed E-state index contributed by atoms with van der Waals surface area (Å²) in [7, 11) is 3.08. The third-order valence-corrected chi connectivity index (χ3v) is 4.46. The maximum Gasteiger partial charge on any atom is 0.276 e. The molecule has 1 aromatic heterocycles. The zero-order valence-corrected chi connectivity index (χ0v) is 16.2. The first-order valence-corrected chi connectivity index (χ1v) is 9.12. The summed E-state index contributed by atoms with van der Waals surface area (Å²) in [6, 6.07) is 12.1. The molecular formula is C21H23N3O4. The van der Waals surface area contributed by atoms with Crippen LogP contribution in [0.4, 0.5) is 5.69 Å². The molecule has 7 nitrogen and oxygen atoms in total. The average Bonchev–Trinajstić information content (AvgIpc) is 2.73. The molecule has 28 heavy (non-hydrogen) atoms. The smallest absolute Gasteiger partial charge is 0.276 e. The lowest BCUT2D eigenvalue weighted by atomic mass is 10.1. The first-order chi connectivity index (χ1) is 13.6. The van der Waals surface area contributed by atoms with Gasteiger partial charge in [0.15, 0.2) is 5.69 Å². The fraction of sp³-hybridized carbons (Fsp3) is 0.286. The highest BCUT2D eigenvalue weighted by molar-refractivity contribution is 6.11. The van der Waals surface area contributed by atoms with E-state index in [0.717, 1.165) is 12.8 Å². The number of benzene rings is 2. The van der Waals surface area contributed by atoms with Crippen molar-refractivity contribution in [2.24, 2.45) is 0 Å². The summed E-state index contributed by atoms with van der Waals surface area (Å²) >= 11 is 0. The Morgan fingerprint density at radius 1 is 1.11 bits per heavy atom. The van der Waals surface area contributed by atoms with E-state index in [2.05, 4.69) is 10.4 Å². The number of anilines is 1. The number of aromatic nitrogens is 2. The van der Waals surface area contributed by atoms with Gasteiger partial charge in [-0.25, -0.2) is 4.68 Å². The van der Waals surface area contributed by atoms with Gasteiger partial charge in [-0.1, -0.05) is 31.5 Å². The maximum absolute atomic E-state index is 13.0. The van der Waals surface area contributed by atoms with Gasteiger partial charge in [0, 0.05) is 18.0 Å². The van der Waals surface area contributed by atoms with Crippen LogP contribution in [0.1, 0.15) is 30.3 Å². The van der Waals surface area contributed by atoms with Crippen LogP contribution < -0.4 is 20.3 Å². The zero-order valence-electron chi connectivity index (χ0n) is 16.2. The van der Waals surface area contributed by atoms with Crippen LogP contribution in [0.15, 0.2) is 47.3 Å². The molecule has 0 atom stereocenters. The second kappa shape index (κ2) is 8.56. The Labute approximate surface area is 162 Å². The molecule has 0 bridgehead atoms. The van der Waals surface area contributed by atoms with E-state index < -0.39 is 5.91 Å². The molecular weight excluding hydrogens is 358 g/mol. The maximum atomic E-state index is 13.0. The summed E-state index contributed by atoms with van der Waals surface area (Å²) < 4.78 is 11.9. The predicted octanol–water partition coefficient (Wildman–Crippen LogP) is 3.47. The number of ether oxygens (including phenoxy) is 2. The van der Waals surface area contributed by atoms with Crippen molar-refractivity contribution in [1.29, 1.82) is 0 Å². The first-order valence-electron chi connectivity index (χ1n) is 9.12. The summed E-state index contributed by atoms with van der Waals surface area (Å²) in [6.07, 6.45) is 1.73. The van der Waals surface area contributed by atoms with Gasteiger partial charge >= 0.3 is 0 Å². The van der Waals surface area contributed by atoms with Crippen LogP contribution in [0, 0.1) is 0 Å². The molecule has 3 aromatic rings. The average molecular weight is 381 g/mol. The minimum atomic E-state index is -0.412. The van der Waals surface area contributed by atoms with Crippen LogP contribution in [-0.4, -0.2) is 29.9 Å². The standard InChI is InChI=1S/C21H23N3O4/c1-4-5-12-24-21(26)16-9-7-6-8-15(16)19(23-24)20(25)22-17-11-10-14(27-2)13-18(17)28-3/h6-11,13H,4-5,12H2,1-3H3,(H,22,25). The molecule has 1 heterocycles. The fourth-order valence-electron chi connectivity index (χ4n) is 2.95. The largest absolute Gasteiger partial charge is 0.497 e. The molecule has 0 fully saturated rings. The molecule has 146 valence electrons. The van der Waals surface area contributed by atoms with Crippen LogP contribution in [-0.2, 0) is 6.54 Å². The van der Waals surface area contributed by atoms with E-state index >= 15 is 0 Å². The van der Waals surface area contributed by atoms with Crippen molar-refractivity contribution in [2.75, 3.05) is 19.5 Å². The number of fused-ring (bicyclic) bond motifs is 1. The number of carbonyl (C=O) groups excluding carboxylic acids is 1. The summed E-state index contributed by atoms with van der Waals surface area (Å²) in [4.78, 5) is 25.7. The number of methoxy groups -OCH3 is 2. The van der Waals surface area contributed by atoms with Crippen molar-refractivity contribution in [1.82, 2.24) is 9.78 Å². The van der Waals surface area contributed by atoms with Gasteiger partial charge in [0.05, 0.1) is 25.3 Å². The highest BCUT2D eigenvalue weighted by Gasteiger charge is 2.18. The lowest BCUT2D eigenvalue weighted by Crippen LogP contribution is -2.27. The number of nitrogens with one attached hydrogen (secondary N) is 1. The summed E-state index contributed by atoms with van der Waals surface area (Å²) in [5.74, 6) is 0.674. The minimum absolute atomic E-state index is 0.192. The van der Waals surface area contributed by atoms with E-state index in [1.807, 2.05) is 6.92 Å². The Morgan fingerprint density at radius 3 is 2.54 bits per heavy atom. The first kappa shape index (κ1) is 19.4. The van der Waals surface area contributed by atoms with Crippen LogP contribution in [0.2, 0.25) is 0 Å². The number of hydrogen-bond acceptors (Lipinski definition) is 5. The Balaban J connectivity index is 2.04. The number of hydrogen-bond donors (Lipinski definition) is 1. The molecule has 0 aliphatic rings. The molecule has 0 saturated heterocycles. The lowest BCUT2D eigenvalue weighted by molar-refractivity contribution is 0.102. The van der Waals surface area contributed by atoms with Crippen molar-refractivity contribution in [2.45, 2.75) is 26.3 Å². The number of amides is 1. The van der Waals surface area contributed by atoms with Crippen molar-refractivity contribution in [3.05, 3.63) is 58.5 Å². The second-order valence-electron chi connectivity index (χ2n) is 6.30. The molecule has 0 unspecified atom stereocenters. The Bertz CT molecular complexity index is 1060. The number of rotatable bonds is 7. The Kier molecular flexibility index (Phi) is 5.93. The Morgan fingerprint density at radius 2 is 1.86 bits per heavy atom. The number of carbonyl (C=O) groups is 1. The van der Waals surface area contributed by atoms with Crippen LogP contribution >= 0.6 is 0 Å². The van der Waals surface area contributed by atoms with E-state index in [0.29, 0.717) is 34.5 Å². The topological polar surface area (TPSA) is 82.5 Å². The van der Waals surface area contributed by atoms with E-state index in [-0.39, 0.29) is 11.3 Å². The van der Waals surface area contributed by atoms with Crippen molar-refractivity contribution in [3.63, 3.8) is 0 Å². The molecule has 0 aliphatic heterocycles. The Hall–Kier alpha value is -3.35. The van der Waals surface area contributed by atoms with E-state index in [1.54, 1.807) is 49.6 Å². The van der Waals surface area contributed by atoms with Gasteiger partial charge in [0.25, 0.3) is 11.5 Å². The van der Waals surface area contributed by atoms with E-state index in [1.165, 1.54) is 11.8 Å². The third kappa shape index (κ3) is 3.83. The second-order valence-corrected chi connectivity index (χ2v) is 6.30. The zero-order chi connectivity index (χ0) is 20.1. The molecule has 0 saturated carbocycles. The van der Waals surface area contributed by atoms with E-state index in [9.17, 15) is 9.59 Å². The van der Waals surface area contributed by atoms with Crippen LogP contribution in [0.3, 0.4) is 0 Å². The summed E-state index contributed by atoms with van der Waals surface area (Å²) in [5, 5.41) is 8.17. The van der Waals surface area contributed by atoms with Gasteiger partial charge in [-0.05, 0) is 24.6 Å². The van der Waals surface area contributed by atoms with Gasteiger partial charge in [-0.15, -0.1) is 0 Å². The lowest BCUT2D eigenvalue weighted by Gasteiger charge is -2.13. The fourth-order valence-corrected chi connectivity index (χ4v) is 2.95. The molecule has 1 amide bonds. The van der Waals surface area contributed by atoms with Crippen molar-refractivity contribution >= 4 is 22.4 Å². The number of nitrogens with zero attached hydrogens (tertiary/aromatic N) is 2. The van der Waals surface area contributed by atoms with E-state index in [4.69, 9.17) is 9.47 Å². The van der Waals surface area contributed by atoms with Crippen molar-refractivity contribution < 1.29 is 14.3 Å². The number of unbranched alkanes of at least 4 members (excludes halogenated alkanes) is 1. The molecule has 3 rings (SSSR count). The quantitative estimate of drug-likeness (QED) is 0.678. The molecule has 0 radical (unpaired) electrons. The SMILES string of the molecule is CCCCn1nc(C(=O)Nc2ccc(OC)cc2OC)c2ccccc2c1=O. The molecule has 1 N–H and O–H groups in total. The third-order valence-electron chi connectivity index (χ3n) is 4.46. The molecule has 0 spiro atoms. The normalized spacial score (nSPS) is 10.7. The molecule has 7 heteroatoms.